The van der Waals surface area contributed by atoms with E-state index in [1.165, 1.54) is 23.0 Å². The Balaban J connectivity index is 1.67. The van der Waals surface area contributed by atoms with Gasteiger partial charge in [-0.05, 0) is 17.7 Å². The Bertz CT molecular complexity index is 695. The van der Waals surface area contributed by atoms with Crippen molar-refractivity contribution in [3.8, 4) is 0 Å². The summed E-state index contributed by atoms with van der Waals surface area (Å²) >= 11 is 1.44. The van der Waals surface area contributed by atoms with Crippen LogP contribution in [-0.4, -0.2) is 48.9 Å². The second-order valence-corrected chi connectivity index (χ2v) is 6.25. The van der Waals surface area contributed by atoms with Crippen LogP contribution in [0.15, 0.2) is 30.9 Å². The van der Waals surface area contributed by atoms with Gasteiger partial charge in [-0.1, -0.05) is 30.1 Å². The van der Waals surface area contributed by atoms with Gasteiger partial charge in [0.25, 0.3) is 0 Å². The number of ether oxygens (including phenoxy) is 2. The van der Waals surface area contributed by atoms with Crippen LogP contribution >= 0.6 is 11.3 Å². The first-order valence-corrected chi connectivity index (χ1v) is 8.30. The molecule has 6 nitrogen and oxygen atoms in total. The van der Waals surface area contributed by atoms with E-state index in [9.17, 15) is 4.79 Å². The summed E-state index contributed by atoms with van der Waals surface area (Å²) in [6.45, 7) is 8.10. The van der Waals surface area contributed by atoms with E-state index in [2.05, 4.69) is 33.9 Å². The van der Waals surface area contributed by atoms with Crippen molar-refractivity contribution in [2.75, 3.05) is 38.2 Å². The van der Waals surface area contributed by atoms with Crippen LogP contribution in [-0.2, 0) is 16.0 Å². The number of anilines is 1. The third-order valence-corrected chi connectivity index (χ3v) is 4.44. The number of morpholine rings is 1. The van der Waals surface area contributed by atoms with Gasteiger partial charge in [-0.3, -0.25) is 10.2 Å². The molecule has 1 N–H and O–H groups in total. The molecule has 1 aromatic heterocycles. The molecule has 0 aliphatic carbocycles. The molecule has 1 saturated heterocycles. The molecule has 1 aromatic carbocycles. The number of hydrogen-bond donors (Lipinski definition) is 1. The Hall–Kier alpha value is -1.96. The van der Waals surface area contributed by atoms with Gasteiger partial charge in [0.2, 0.25) is 0 Å². The highest BCUT2D eigenvalue weighted by atomic mass is 32.1. The van der Waals surface area contributed by atoms with Crippen LogP contribution in [0.25, 0.3) is 10.2 Å². The van der Waals surface area contributed by atoms with Crippen LogP contribution in [0.1, 0.15) is 5.56 Å². The summed E-state index contributed by atoms with van der Waals surface area (Å²) in [5.74, 6) is 0. The van der Waals surface area contributed by atoms with Gasteiger partial charge in [-0.25, -0.2) is 9.78 Å². The summed E-state index contributed by atoms with van der Waals surface area (Å²) < 4.78 is 11.3. The standard InChI is InChI=1S/C16H19N3O3S/c1-2-7-22-16(20)18-15-17-13-4-3-12(10-14(13)23-15)11-19-5-8-21-9-6-19/h2-4,10H,1,5-9,11H2,(H,17,18,20). The number of aromatic nitrogens is 1. The predicted molar refractivity (Wildman–Crippen MR) is 90.9 cm³/mol. The number of hydrogen-bond acceptors (Lipinski definition) is 6. The third kappa shape index (κ3) is 4.28. The Labute approximate surface area is 138 Å². The summed E-state index contributed by atoms with van der Waals surface area (Å²) in [6.07, 6.45) is 1.01. The molecule has 0 saturated carbocycles. The van der Waals surface area contributed by atoms with Crippen LogP contribution in [0.5, 0.6) is 0 Å². The van der Waals surface area contributed by atoms with Crippen molar-refractivity contribution in [2.45, 2.75) is 6.54 Å². The fraction of sp³-hybridized carbons (Fsp3) is 0.375. The zero-order chi connectivity index (χ0) is 16.1. The maximum Gasteiger partial charge on any atom is 0.413 e. The molecule has 0 bridgehead atoms. The highest BCUT2D eigenvalue weighted by Crippen LogP contribution is 2.27. The lowest BCUT2D eigenvalue weighted by atomic mass is 10.2. The summed E-state index contributed by atoms with van der Waals surface area (Å²) in [5, 5.41) is 3.18. The fourth-order valence-electron chi connectivity index (χ4n) is 2.40. The van der Waals surface area contributed by atoms with Crippen molar-refractivity contribution in [3.05, 3.63) is 36.4 Å². The smallest absolute Gasteiger partial charge is 0.413 e. The quantitative estimate of drug-likeness (QED) is 0.853. The van der Waals surface area contributed by atoms with E-state index in [1.54, 1.807) is 0 Å². The normalized spacial score (nSPS) is 15.5. The second kappa shape index (κ2) is 7.54. The van der Waals surface area contributed by atoms with Gasteiger partial charge in [0.05, 0.1) is 23.4 Å². The molecule has 2 heterocycles. The maximum atomic E-state index is 11.5. The van der Waals surface area contributed by atoms with Crippen LogP contribution in [0, 0.1) is 0 Å². The van der Waals surface area contributed by atoms with Crippen molar-refractivity contribution in [1.29, 1.82) is 0 Å². The molecule has 0 radical (unpaired) electrons. The molecular weight excluding hydrogens is 314 g/mol. The average molecular weight is 333 g/mol. The highest BCUT2D eigenvalue weighted by molar-refractivity contribution is 7.22. The van der Waals surface area contributed by atoms with Crippen molar-refractivity contribution in [2.24, 2.45) is 0 Å². The second-order valence-electron chi connectivity index (χ2n) is 5.22. The largest absolute Gasteiger partial charge is 0.445 e. The summed E-state index contributed by atoms with van der Waals surface area (Å²) in [5.41, 5.74) is 2.11. The Morgan fingerprint density at radius 2 is 2.30 bits per heavy atom. The third-order valence-electron chi connectivity index (χ3n) is 3.50. The van der Waals surface area contributed by atoms with E-state index in [4.69, 9.17) is 9.47 Å². The zero-order valence-electron chi connectivity index (χ0n) is 12.8. The molecule has 3 rings (SSSR count). The number of fused-ring (bicyclic) bond motifs is 1. The van der Waals surface area contributed by atoms with Crippen LogP contribution in [0.3, 0.4) is 0 Å². The van der Waals surface area contributed by atoms with Gasteiger partial charge in [0.1, 0.15) is 6.61 Å². The molecule has 122 valence electrons. The number of thiazole rings is 1. The number of carbonyl (C=O) groups excluding carboxylic acids is 1. The van der Waals surface area contributed by atoms with Gasteiger partial charge in [0, 0.05) is 19.6 Å². The number of nitrogens with one attached hydrogen (secondary N) is 1. The number of carbonyl (C=O) groups is 1. The fourth-order valence-corrected chi connectivity index (χ4v) is 3.31. The van der Waals surface area contributed by atoms with E-state index in [0.29, 0.717) is 5.13 Å². The van der Waals surface area contributed by atoms with Crippen molar-refractivity contribution in [1.82, 2.24) is 9.88 Å². The molecule has 0 spiro atoms. The lowest BCUT2D eigenvalue weighted by Crippen LogP contribution is -2.35. The van der Waals surface area contributed by atoms with Crippen molar-refractivity contribution in [3.63, 3.8) is 0 Å². The Kier molecular flexibility index (Phi) is 5.22. The van der Waals surface area contributed by atoms with Crippen LogP contribution in [0.4, 0.5) is 9.93 Å². The summed E-state index contributed by atoms with van der Waals surface area (Å²) in [4.78, 5) is 18.3. The summed E-state index contributed by atoms with van der Waals surface area (Å²) in [6, 6.07) is 6.20. The SMILES string of the molecule is C=CCOC(=O)Nc1nc2ccc(CN3CCOCC3)cc2s1. The molecule has 7 heteroatoms. The monoisotopic (exact) mass is 333 g/mol. The Morgan fingerprint density at radius 3 is 3.09 bits per heavy atom. The topological polar surface area (TPSA) is 63.7 Å². The molecule has 1 amide bonds. The van der Waals surface area contributed by atoms with Gasteiger partial charge in [-0.2, -0.15) is 0 Å². The van der Waals surface area contributed by atoms with E-state index < -0.39 is 6.09 Å². The minimum absolute atomic E-state index is 0.181. The lowest BCUT2D eigenvalue weighted by Gasteiger charge is -2.26. The zero-order valence-corrected chi connectivity index (χ0v) is 13.6. The van der Waals surface area contributed by atoms with Crippen molar-refractivity contribution >= 4 is 32.8 Å². The van der Waals surface area contributed by atoms with Crippen molar-refractivity contribution < 1.29 is 14.3 Å². The van der Waals surface area contributed by atoms with Gasteiger partial charge >= 0.3 is 6.09 Å². The first-order valence-electron chi connectivity index (χ1n) is 7.49. The predicted octanol–water partition coefficient (Wildman–Crippen LogP) is 2.86. The summed E-state index contributed by atoms with van der Waals surface area (Å²) in [7, 11) is 0. The van der Waals surface area contributed by atoms with Gasteiger partial charge in [-0.15, -0.1) is 0 Å². The average Bonchev–Trinajstić information content (AvgIpc) is 2.95. The van der Waals surface area contributed by atoms with E-state index in [-0.39, 0.29) is 6.61 Å². The molecule has 0 unspecified atom stereocenters. The lowest BCUT2D eigenvalue weighted by molar-refractivity contribution is 0.0342. The van der Waals surface area contributed by atoms with Gasteiger partial charge in [0.15, 0.2) is 5.13 Å². The Morgan fingerprint density at radius 1 is 1.48 bits per heavy atom. The van der Waals surface area contributed by atoms with Crippen LogP contribution < -0.4 is 5.32 Å². The van der Waals surface area contributed by atoms with E-state index >= 15 is 0 Å². The molecule has 1 fully saturated rings. The molecule has 1 aliphatic heterocycles. The van der Waals surface area contributed by atoms with Crippen LogP contribution in [0.2, 0.25) is 0 Å². The highest BCUT2D eigenvalue weighted by Gasteiger charge is 2.12. The maximum absolute atomic E-state index is 11.5. The minimum atomic E-state index is -0.516. The molecule has 1 aliphatic rings. The van der Waals surface area contributed by atoms with Gasteiger partial charge < -0.3 is 9.47 Å². The minimum Gasteiger partial charge on any atom is -0.445 e. The number of amides is 1. The first-order chi connectivity index (χ1) is 11.2. The number of nitrogens with zero attached hydrogens (tertiary/aromatic N) is 2. The first kappa shape index (κ1) is 15.9. The molecule has 2 aromatic rings. The molecule has 0 atom stereocenters. The van der Waals surface area contributed by atoms with E-state index in [1.807, 2.05) is 6.07 Å². The number of benzene rings is 1. The molecular formula is C16H19N3O3S. The number of rotatable bonds is 5. The molecule has 23 heavy (non-hydrogen) atoms. The van der Waals surface area contributed by atoms with E-state index in [0.717, 1.165) is 43.1 Å².